The number of benzene rings is 2. The number of nitrogens with one attached hydrogen (secondary N) is 2. The number of Topliss-reactive ketones (excluding diaryl/α,β-unsaturated/α-hetero) is 1. The van der Waals surface area contributed by atoms with Gasteiger partial charge in [-0.25, -0.2) is 4.39 Å². The Bertz CT molecular complexity index is 980. The van der Waals surface area contributed by atoms with Crippen LogP contribution in [0.15, 0.2) is 36.4 Å². The third kappa shape index (κ3) is 3.94. The van der Waals surface area contributed by atoms with Gasteiger partial charge in [0.15, 0.2) is 5.78 Å². The number of ketones is 1. The minimum absolute atomic E-state index is 0.00905. The van der Waals surface area contributed by atoms with Crippen molar-refractivity contribution in [3.8, 4) is 0 Å². The Hall–Kier alpha value is -2.97. The van der Waals surface area contributed by atoms with Crippen LogP contribution in [-0.4, -0.2) is 42.4 Å². The molecule has 9 heteroatoms. The maximum atomic E-state index is 14.4. The summed E-state index contributed by atoms with van der Waals surface area (Å²) in [5.74, 6) is -2.95. The van der Waals surface area contributed by atoms with E-state index in [4.69, 9.17) is 22.4 Å². The molecule has 0 bridgehead atoms. The van der Waals surface area contributed by atoms with Crippen molar-refractivity contribution < 1.29 is 23.9 Å². The summed E-state index contributed by atoms with van der Waals surface area (Å²) in [5.41, 5.74) is 3.91. The first-order chi connectivity index (χ1) is 13.8. The van der Waals surface area contributed by atoms with Gasteiger partial charge in [-0.05, 0) is 36.2 Å². The van der Waals surface area contributed by atoms with Gasteiger partial charge in [0.05, 0.1) is 12.3 Å². The molecule has 29 heavy (non-hydrogen) atoms. The van der Waals surface area contributed by atoms with Crippen molar-refractivity contribution in [1.29, 1.82) is 0 Å². The highest BCUT2D eigenvalue weighted by atomic mass is 35.5. The number of nitrogens with two attached hydrogens (primary N) is 1. The van der Waals surface area contributed by atoms with Crippen LogP contribution < -0.4 is 16.4 Å². The summed E-state index contributed by atoms with van der Waals surface area (Å²) in [6.45, 7) is -0.510. The maximum absolute atomic E-state index is 14.4. The Labute approximate surface area is 171 Å². The van der Waals surface area contributed by atoms with Crippen LogP contribution >= 0.6 is 11.6 Å². The molecule has 0 radical (unpaired) electrons. The molecule has 2 amide bonds. The average Bonchev–Trinajstić information content (AvgIpc) is 2.70. The standard InChI is InChI=1S/C20H19ClFN3O4/c21-13-3-1-11(2-4-13)9-20(19(29)24-5-6-26)10-25-16-14(17(20)27)7-12(18(23)28)8-15(16)22/h1-4,7-8,25-26H,5-6,9-10H2,(H2,23,28)(H,24,29). The van der Waals surface area contributed by atoms with Gasteiger partial charge in [-0.3, -0.25) is 14.4 Å². The summed E-state index contributed by atoms with van der Waals surface area (Å²) in [6, 6.07) is 8.77. The minimum Gasteiger partial charge on any atom is -0.395 e. The van der Waals surface area contributed by atoms with E-state index in [-0.39, 0.29) is 42.9 Å². The average molecular weight is 420 g/mol. The van der Waals surface area contributed by atoms with Gasteiger partial charge < -0.3 is 21.5 Å². The Kier molecular flexibility index (Phi) is 5.86. The Morgan fingerprint density at radius 1 is 1.28 bits per heavy atom. The quantitative estimate of drug-likeness (QED) is 0.529. The number of amides is 2. The monoisotopic (exact) mass is 419 g/mol. The maximum Gasteiger partial charge on any atom is 0.248 e. The smallest absolute Gasteiger partial charge is 0.248 e. The van der Waals surface area contributed by atoms with Gasteiger partial charge in [-0.15, -0.1) is 0 Å². The normalized spacial score (nSPS) is 18.0. The molecule has 3 rings (SSSR count). The lowest BCUT2D eigenvalue weighted by Crippen LogP contribution is -2.55. The number of rotatable bonds is 6. The second-order valence-electron chi connectivity index (χ2n) is 6.79. The van der Waals surface area contributed by atoms with Crippen molar-refractivity contribution in [1.82, 2.24) is 5.32 Å². The molecule has 1 unspecified atom stereocenters. The second-order valence-corrected chi connectivity index (χ2v) is 7.23. The first-order valence-electron chi connectivity index (χ1n) is 8.84. The van der Waals surface area contributed by atoms with Gasteiger partial charge in [-0.1, -0.05) is 23.7 Å². The molecule has 0 saturated heterocycles. The number of carbonyl (C=O) groups excluding carboxylic acids is 3. The fraction of sp³-hybridized carbons (Fsp3) is 0.250. The molecule has 0 fully saturated rings. The Morgan fingerprint density at radius 3 is 2.59 bits per heavy atom. The number of hydrogen-bond acceptors (Lipinski definition) is 5. The molecular weight excluding hydrogens is 401 g/mol. The molecule has 0 aromatic heterocycles. The van der Waals surface area contributed by atoms with E-state index in [1.54, 1.807) is 24.3 Å². The van der Waals surface area contributed by atoms with Crippen LogP contribution in [0.4, 0.5) is 10.1 Å². The Balaban J connectivity index is 2.09. The lowest BCUT2D eigenvalue weighted by atomic mass is 9.71. The van der Waals surface area contributed by atoms with Crippen LogP contribution in [0.5, 0.6) is 0 Å². The SMILES string of the molecule is NC(=O)c1cc(F)c2c(c1)C(=O)C(Cc1ccc(Cl)cc1)(C(=O)NCCO)CN2. The summed E-state index contributed by atoms with van der Waals surface area (Å²) in [7, 11) is 0. The number of halogens is 2. The van der Waals surface area contributed by atoms with E-state index in [2.05, 4.69) is 10.6 Å². The molecule has 0 saturated carbocycles. The van der Waals surface area contributed by atoms with Crippen molar-refractivity contribution in [3.63, 3.8) is 0 Å². The van der Waals surface area contributed by atoms with Crippen LogP contribution in [-0.2, 0) is 11.2 Å². The highest BCUT2D eigenvalue weighted by Crippen LogP contribution is 2.38. The van der Waals surface area contributed by atoms with Gasteiger partial charge in [-0.2, -0.15) is 0 Å². The van der Waals surface area contributed by atoms with Gasteiger partial charge in [0.25, 0.3) is 0 Å². The molecule has 7 nitrogen and oxygen atoms in total. The molecule has 0 spiro atoms. The van der Waals surface area contributed by atoms with Crippen LogP contribution in [0.3, 0.4) is 0 Å². The van der Waals surface area contributed by atoms with E-state index in [1.807, 2.05) is 0 Å². The zero-order valence-corrected chi connectivity index (χ0v) is 16.1. The number of aliphatic hydroxyl groups is 1. The van der Waals surface area contributed by atoms with E-state index in [0.29, 0.717) is 10.6 Å². The predicted octanol–water partition coefficient (Wildman–Crippen LogP) is 1.52. The van der Waals surface area contributed by atoms with Gasteiger partial charge in [0, 0.05) is 29.2 Å². The third-order valence-electron chi connectivity index (χ3n) is 4.87. The van der Waals surface area contributed by atoms with Crippen molar-refractivity contribution in [2.24, 2.45) is 11.1 Å². The largest absolute Gasteiger partial charge is 0.395 e. The predicted molar refractivity (Wildman–Crippen MR) is 105 cm³/mol. The molecule has 2 aromatic carbocycles. The van der Waals surface area contributed by atoms with Crippen LogP contribution in [0, 0.1) is 11.2 Å². The highest BCUT2D eigenvalue weighted by Gasteiger charge is 2.49. The first-order valence-corrected chi connectivity index (χ1v) is 9.22. The van der Waals surface area contributed by atoms with E-state index in [9.17, 15) is 18.8 Å². The fourth-order valence-corrected chi connectivity index (χ4v) is 3.51. The van der Waals surface area contributed by atoms with Gasteiger partial charge in [0.2, 0.25) is 11.8 Å². The van der Waals surface area contributed by atoms with Crippen LogP contribution in [0.2, 0.25) is 5.02 Å². The molecule has 1 aliphatic rings. The number of aliphatic hydroxyl groups excluding tert-OH is 1. The zero-order valence-electron chi connectivity index (χ0n) is 15.3. The van der Waals surface area contributed by atoms with Crippen LogP contribution in [0.25, 0.3) is 0 Å². The van der Waals surface area contributed by atoms with E-state index in [0.717, 1.165) is 6.07 Å². The molecule has 1 aliphatic heterocycles. The first kappa shape index (κ1) is 20.8. The van der Waals surface area contributed by atoms with Crippen LogP contribution in [0.1, 0.15) is 26.3 Å². The van der Waals surface area contributed by atoms with Gasteiger partial charge in [0.1, 0.15) is 11.2 Å². The molecule has 0 aliphatic carbocycles. The van der Waals surface area contributed by atoms with Gasteiger partial charge >= 0.3 is 0 Å². The lowest BCUT2D eigenvalue weighted by Gasteiger charge is -2.36. The number of hydrogen-bond donors (Lipinski definition) is 4. The number of carbonyl (C=O) groups is 3. The highest BCUT2D eigenvalue weighted by molar-refractivity contribution is 6.30. The topological polar surface area (TPSA) is 122 Å². The minimum atomic E-state index is -1.61. The number of fused-ring (bicyclic) bond motifs is 1. The number of primary amides is 1. The van der Waals surface area contributed by atoms with Crippen molar-refractivity contribution in [3.05, 3.63) is 63.9 Å². The second kappa shape index (κ2) is 8.18. The summed E-state index contributed by atoms with van der Waals surface area (Å²) in [6.07, 6.45) is 0.00905. The third-order valence-corrected chi connectivity index (χ3v) is 5.12. The molecule has 2 aromatic rings. The fourth-order valence-electron chi connectivity index (χ4n) is 3.38. The van der Waals surface area contributed by atoms with Crippen molar-refractivity contribution in [2.45, 2.75) is 6.42 Å². The zero-order chi connectivity index (χ0) is 21.2. The summed E-state index contributed by atoms with van der Waals surface area (Å²) in [4.78, 5) is 37.9. The molecule has 1 atom stereocenters. The van der Waals surface area contributed by atoms with E-state index >= 15 is 0 Å². The molecule has 5 N–H and O–H groups in total. The number of anilines is 1. The Morgan fingerprint density at radius 2 is 1.97 bits per heavy atom. The lowest BCUT2D eigenvalue weighted by molar-refractivity contribution is -0.128. The van der Waals surface area contributed by atoms with E-state index in [1.165, 1.54) is 6.07 Å². The summed E-state index contributed by atoms with van der Waals surface area (Å²) >= 11 is 5.91. The summed E-state index contributed by atoms with van der Waals surface area (Å²) < 4.78 is 14.4. The molecular formula is C20H19ClFN3O4. The van der Waals surface area contributed by atoms with Crippen molar-refractivity contribution in [2.75, 3.05) is 25.0 Å². The summed E-state index contributed by atoms with van der Waals surface area (Å²) in [5, 5.41) is 14.9. The van der Waals surface area contributed by atoms with Crippen molar-refractivity contribution >= 4 is 34.9 Å². The van der Waals surface area contributed by atoms with E-state index < -0.39 is 28.8 Å². The molecule has 152 valence electrons. The molecule has 1 heterocycles.